The van der Waals surface area contributed by atoms with E-state index in [4.69, 9.17) is 4.74 Å². The van der Waals surface area contributed by atoms with E-state index >= 15 is 0 Å². The third kappa shape index (κ3) is 4.96. The highest BCUT2D eigenvalue weighted by molar-refractivity contribution is 7.89. The second-order valence-corrected chi connectivity index (χ2v) is 10.6. The molecular formula is C24H29FN2O4S. The number of amides is 1. The van der Waals surface area contributed by atoms with Crippen LogP contribution in [0.3, 0.4) is 0 Å². The summed E-state index contributed by atoms with van der Waals surface area (Å²) in [4.78, 5) is 13.0. The molecule has 172 valence electrons. The molecule has 1 amide bonds. The Kier molecular flexibility index (Phi) is 6.81. The van der Waals surface area contributed by atoms with Gasteiger partial charge in [0.25, 0.3) is 0 Å². The summed E-state index contributed by atoms with van der Waals surface area (Å²) in [5, 5.41) is 2.90. The van der Waals surface area contributed by atoms with Crippen LogP contribution in [0.5, 0.6) is 5.75 Å². The van der Waals surface area contributed by atoms with Crippen molar-refractivity contribution >= 4 is 15.9 Å². The molecule has 0 aromatic heterocycles. The zero-order valence-electron chi connectivity index (χ0n) is 18.2. The monoisotopic (exact) mass is 460 g/mol. The largest absolute Gasteiger partial charge is 0.488 e. The molecule has 2 aliphatic rings. The number of halogens is 1. The Bertz CT molecular complexity index is 1080. The molecule has 0 spiro atoms. The summed E-state index contributed by atoms with van der Waals surface area (Å²) in [5.41, 5.74) is 2.37. The molecule has 4 rings (SSSR count). The molecule has 1 fully saturated rings. The molecule has 8 heteroatoms. The first-order valence-electron chi connectivity index (χ1n) is 11.1. The van der Waals surface area contributed by atoms with Crippen molar-refractivity contribution < 1.29 is 22.3 Å². The molecule has 6 nitrogen and oxygen atoms in total. The number of para-hydroxylation sites is 1. The van der Waals surface area contributed by atoms with Gasteiger partial charge in [0, 0.05) is 19.0 Å². The number of carbonyl (C=O) groups excluding carboxylic acids is 1. The van der Waals surface area contributed by atoms with Crippen LogP contribution in [0.25, 0.3) is 0 Å². The Morgan fingerprint density at radius 1 is 1.16 bits per heavy atom. The number of benzene rings is 2. The molecule has 0 bridgehead atoms. The number of rotatable bonds is 7. The van der Waals surface area contributed by atoms with E-state index in [1.807, 2.05) is 12.1 Å². The number of nitrogens with zero attached hydrogens (tertiary/aromatic N) is 1. The summed E-state index contributed by atoms with van der Waals surface area (Å²) in [6, 6.07) is 11.3. The Morgan fingerprint density at radius 2 is 1.88 bits per heavy atom. The zero-order chi connectivity index (χ0) is 22.7. The van der Waals surface area contributed by atoms with E-state index in [1.54, 1.807) is 31.2 Å². The minimum absolute atomic E-state index is 0.121. The summed E-state index contributed by atoms with van der Waals surface area (Å²) in [5.74, 6) is -0.664. The first-order valence-corrected chi connectivity index (χ1v) is 12.6. The molecular weight excluding hydrogens is 431 g/mol. The van der Waals surface area contributed by atoms with Crippen molar-refractivity contribution in [1.29, 1.82) is 0 Å². The predicted molar refractivity (Wildman–Crippen MR) is 119 cm³/mol. The summed E-state index contributed by atoms with van der Waals surface area (Å²) >= 11 is 0. The Labute approximate surface area is 188 Å². The molecule has 1 atom stereocenters. The Balaban J connectivity index is 1.28. The number of hydrogen-bond acceptors (Lipinski definition) is 4. The van der Waals surface area contributed by atoms with Crippen LogP contribution in [0.15, 0.2) is 47.4 Å². The third-order valence-electron chi connectivity index (χ3n) is 6.25. The van der Waals surface area contributed by atoms with Crippen LogP contribution in [-0.2, 0) is 27.7 Å². The number of aryl methyl sites for hydroxylation is 2. The van der Waals surface area contributed by atoms with Crippen LogP contribution >= 0.6 is 0 Å². The molecule has 0 saturated carbocycles. The highest BCUT2D eigenvalue weighted by atomic mass is 32.2. The van der Waals surface area contributed by atoms with E-state index < -0.39 is 15.8 Å². The Morgan fingerprint density at radius 3 is 2.62 bits per heavy atom. The Hall–Kier alpha value is -2.45. The second kappa shape index (κ2) is 9.58. The second-order valence-electron chi connectivity index (χ2n) is 8.61. The van der Waals surface area contributed by atoms with Gasteiger partial charge in [0.1, 0.15) is 6.61 Å². The third-order valence-corrected chi connectivity index (χ3v) is 8.14. The quantitative estimate of drug-likeness (QED) is 0.688. The van der Waals surface area contributed by atoms with E-state index in [9.17, 15) is 17.6 Å². The molecule has 1 unspecified atom stereocenters. The molecule has 32 heavy (non-hydrogen) atoms. The topological polar surface area (TPSA) is 75.7 Å². The lowest BCUT2D eigenvalue weighted by Gasteiger charge is -2.31. The maximum atomic E-state index is 13.6. The van der Waals surface area contributed by atoms with Gasteiger partial charge in [0.05, 0.1) is 10.9 Å². The number of hydrogen-bond donors (Lipinski definition) is 1. The SMILES string of the molecule is CC(COc1ccccc1F)NC(=O)C1CCN(S(=O)(=O)c2ccc3c(c2)CCC3)CC1. The van der Waals surface area contributed by atoms with Gasteiger partial charge < -0.3 is 10.1 Å². The zero-order valence-corrected chi connectivity index (χ0v) is 19.0. The molecule has 1 heterocycles. The van der Waals surface area contributed by atoms with Crippen LogP contribution in [-0.4, -0.2) is 44.4 Å². The van der Waals surface area contributed by atoms with Crippen LogP contribution < -0.4 is 10.1 Å². The van der Waals surface area contributed by atoms with Crippen molar-refractivity contribution in [3.05, 3.63) is 59.4 Å². The fourth-order valence-electron chi connectivity index (χ4n) is 4.40. The van der Waals surface area contributed by atoms with Gasteiger partial charge in [-0.1, -0.05) is 18.2 Å². The van der Waals surface area contributed by atoms with Crippen molar-refractivity contribution in [3.63, 3.8) is 0 Å². The number of sulfonamides is 1. The maximum absolute atomic E-state index is 13.6. The summed E-state index contributed by atoms with van der Waals surface area (Å²) < 4.78 is 46.7. The molecule has 1 aliphatic heterocycles. The van der Waals surface area contributed by atoms with Gasteiger partial charge in [-0.25, -0.2) is 12.8 Å². The van der Waals surface area contributed by atoms with Crippen molar-refractivity contribution in [3.8, 4) is 5.75 Å². The number of piperidine rings is 1. The lowest BCUT2D eigenvalue weighted by molar-refractivity contribution is -0.126. The van der Waals surface area contributed by atoms with Gasteiger partial charge in [0.2, 0.25) is 15.9 Å². The summed E-state index contributed by atoms with van der Waals surface area (Å²) in [7, 11) is -3.55. The summed E-state index contributed by atoms with van der Waals surface area (Å²) in [6.07, 6.45) is 3.95. The molecule has 0 radical (unpaired) electrons. The number of carbonyl (C=O) groups is 1. The van der Waals surface area contributed by atoms with Gasteiger partial charge in [-0.3, -0.25) is 4.79 Å². The van der Waals surface area contributed by atoms with Crippen molar-refractivity contribution in [2.75, 3.05) is 19.7 Å². The van der Waals surface area contributed by atoms with Crippen molar-refractivity contribution in [2.45, 2.75) is 50.0 Å². The van der Waals surface area contributed by atoms with Gasteiger partial charge >= 0.3 is 0 Å². The van der Waals surface area contributed by atoms with Crippen LogP contribution in [0.2, 0.25) is 0 Å². The maximum Gasteiger partial charge on any atom is 0.243 e. The van der Waals surface area contributed by atoms with E-state index in [-0.39, 0.29) is 30.2 Å². The summed E-state index contributed by atoms with van der Waals surface area (Å²) in [6.45, 7) is 2.58. The number of fused-ring (bicyclic) bond motifs is 1. The average molecular weight is 461 g/mol. The van der Waals surface area contributed by atoms with Crippen LogP contribution in [0, 0.1) is 11.7 Å². The van der Waals surface area contributed by atoms with E-state index in [2.05, 4.69) is 5.32 Å². The first-order chi connectivity index (χ1) is 15.3. The minimum atomic E-state index is -3.55. The van der Waals surface area contributed by atoms with Crippen LogP contribution in [0.4, 0.5) is 4.39 Å². The van der Waals surface area contributed by atoms with Gasteiger partial charge in [-0.2, -0.15) is 4.31 Å². The van der Waals surface area contributed by atoms with E-state index in [0.717, 1.165) is 24.8 Å². The van der Waals surface area contributed by atoms with E-state index in [0.29, 0.717) is 30.8 Å². The predicted octanol–water partition coefficient (Wildman–Crippen LogP) is 3.30. The molecule has 1 N–H and O–H groups in total. The lowest BCUT2D eigenvalue weighted by atomic mass is 9.97. The van der Waals surface area contributed by atoms with E-state index in [1.165, 1.54) is 15.9 Å². The molecule has 1 aliphatic carbocycles. The molecule has 2 aromatic carbocycles. The fourth-order valence-corrected chi connectivity index (χ4v) is 5.92. The van der Waals surface area contributed by atoms with Crippen molar-refractivity contribution in [1.82, 2.24) is 9.62 Å². The lowest BCUT2D eigenvalue weighted by Crippen LogP contribution is -2.45. The normalized spacial score (nSPS) is 18.2. The van der Waals surface area contributed by atoms with Gasteiger partial charge in [-0.15, -0.1) is 0 Å². The minimum Gasteiger partial charge on any atom is -0.488 e. The average Bonchev–Trinajstić information content (AvgIpc) is 3.26. The number of ether oxygens (including phenoxy) is 1. The highest BCUT2D eigenvalue weighted by Gasteiger charge is 2.33. The van der Waals surface area contributed by atoms with Gasteiger partial charge in [0.15, 0.2) is 11.6 Å². The standard InChI is InChI=1S/C24H29FN2O4S/c1-17(16-31-23-8-3-2-7-22(23)25)26-24(28)19-11-13-27(14-12-19)32(29,30)21-10-9-18-5-4-6-20(18)15-21/h2-3,7-10,15,17,19H,4-6,11-14,16H2,1H3,(H,26,28). The van der Waals surface area contributed by atoms with Gasteiger partial charge in [-0.05, 0) is 74.4 Å². The molecule has 2 aromatic rings. The smallest absolute Gasteiger partial charge is 0.243 e. The van der Waals surface area contributed by atoms with Crippen LogP contribution in [0.1, 0.15) is 37.3 Å². The first kappa shape index (κ1) is 22.7. The molecule has 1 saturated heterocycles. The highest BCUT2D eigenvalue weighted by Crippen LogP contribution is 2.28. The number of nitrogens with one attached hydrogen (secondary N) is 1. The van der Waals surface area contributed by atoms with Crippen molar-refractivity contribution in [2.24, 2.45) is 5.92 Å². The fraction of sp³-hybridized carbons (Fsp3) is 0.458.